The molecule has 4 atom stereocenters. The molecule has 6 heteroatoms. The molecule has 0 spiro atoms. The molecule has 1 aliphatic rings. The Morgan fingerprint density at radius 1 is 1.15 bits per heavy atom. The summed E-state index contributed by atoms with van der Waals surface area (Å²) in [6.45, 7) is 13.2. The summed E-state index contributed by atoms with van der Waals surface area (Å²) in [6.07, 6.45) is 0.240. The molecule has 0 saturated carbocycles. The molecule has 27 heavy (non-hydrogen) atoms. The average Bonchev–Trinajstić information content (AvgIpc) is 2.53. The van der Waals surface area contributed by atoms with E-state index in [2.05, 4.69) is 29.4 Å². The quantitative estimate of drug-likeness (QED) is 0.802. The molecule has 0 unspecified atom stereocenters. The predicted octanol–water partition coefficient (Wildman–Crippen LogP) is 2.96. The number of hydrogen-bond donors (Lipinski definition) is 2. The van der Waals surface area contributed by atoms with Crippen LogP contribution in [0.3, 0.4) is 0 Å². The van der Waals surface area contributed by atoms with Crippen LogP contribution in [0.1, 0.15) is 53.1 Å². The normalized spacial score (nSPS) is 22.9. The highest BCUT2D eigenvalue weighted by molar-refractivity contribution is 5.88. The second-order valence-electron chi connectivity index (χ2n) is 7.94. The fourth-order valence-corrected chi connectivity index (χ4v) is 3.81. The number of hydrogen-bond acceptors (Lipinski definition) is 4. The van der Waals surface area contributed by atoms with Gasteiger partial charge in [-0.05, 0) is 44.4 Å². The second kappa shape index (κ2) is 9.33. The number of benzene rings is 1. The molecule has 0 aliphatic carbocycles. The number of amides is 2. The van der Waals surface area contributed by atoms with Gasteiger partial charge >= 0.3 is 0 Å². The van der Waals surface area contributed by atoms with E-state index in [0.29, 0.717) is 0 Å². The molecule has 1 aliphatic heterocycles. The van der Waals surface area contributed by atoms with Crippen molar-refractivity contribution in [2.75, 3.05) is 18.4 Å². The van der Waals surface area contributed by atoms with E-state index in [1.54, 1.807) is 0 Å². The Kier molecular flexibility index (Phi) is 7.39. The molecule has 1 saturated heterocycles. The van der Waals surface area contributed by atoms with Gasteiger partial charge in [0.1, 0.15) is 0 Å². The van der Waals surface area contributed by atoms with Gasteiger partial charge < -0.3 is 15.4 Å². The highest BCUT2D eigenvalue weighted by Gasteiger charge is 2.34. The van der Waals surface area contributed by atoms with Crippen LogP contribution in [0.2, 0.25) is 0 Å². The van der Waals surface area contributed by atoms with Crippen LogP contribution in [0.25, 0.3) is 0 Å². The Labute approximate surface area is 162 Å². The monoisotopic (exact) mass is 375 g/mol. The number of nitrogens with zero attached hydrogens (tertiary/aromatic N) is 1. The summed E-state index contributed by atoms with van der Waals surface area (Å²) in [6, 6.07) is 7.24. The van der Waals surface area contributed by atoms with Crippen molar-refractivity contribution in [2.45, 2.75) is 65.8 Å². The summed E-state index contributed by atoms with van der Waals surface area (Å²) in [4.78, 5) is 26.6. The zero-order valence-electron chi connectivity index (χ0n) is 17.3. The van der Waals surface area contributed by atoms with Crippen molar-refractivity contribution in [3.8, 4) is 0 Å². The molecule has 1 fully saturated rings. The number of anilines is 1. The van der Waals surface area contributed by atoms with Gasteiger partial charge in [-0.3, -0.25) is 14.5 Å². The minimum Gasteiger partial charge on any atom is -0.373 e. The zero-order valence-corrected chi connectivity index (χ0v) is 17.3. The highest BCUT2D eigenvalue weighted by Crippen LogP contribution is 2.21. The minimum absolute atomic E-state index is 0.0312. The summed E-state index contributed by atoms with van der Waals surface area (Å²) in [7, 11) is 0. The SMILES string of the molecule is CC(=O)Nc1cccc([C@H](C)NC(=O)[C@@H](C(C)C)N2C[C@@H](C)O[C@@H](C)C2)c1. The number of nitrogens with one attached hydrogen (secondary N) is 2. The summed E-state index contributed by atoms with van der Waals surface area (Å²) < 4.78 is 5.81. The van der Waals surface area contributed by atoms with Crippen molar-refractivity contribution in [3.63, 3.8) is 0 Å². The van der Waals surface area contributed by atoms with E-state index in [-0.39, 0.29) is 42.0 Å². The second-order valence-corrected chi connectivity index (χ2v) is 7.94. The van der Waals surface area contributed by atoms with E-state index in [1.807, 2.05) is 45.0 Å². The van der Waals surface area contributed by atoms with Gasteiger partial charge in [-0.15, -0.1) is 0 Å². The lowest BCUT2D eigenvalue weighted by atomic mass is 9.98. The van der Waals surface area contributed by atoms with Gasteiger partial charge in [-0.25, -0.2) is 0 Å². The molecule has 2 rings (SSSR count). The number of carbonyl (C=O) groups excluding carboxylic acids is 2. The Hall–Kier alpha value is -1.92. The minimum atomic E-state index is -0.195. The Morgan fingerprint density at radius 3 is 2.33 bits per heavy atom. The summed E-state index contributed by atoms with van der Waals surface area (Å²) in [5, 5.41) is 5.93. The molecule has 0 radical (unpaired) electrons. The molecule has 0 aromatic heterocycles. The van der Waals surface area contributed by atoms with E-state index < -0.39 is 0 Å². The van der Waals surface area contributed by atoms with E-state index >= 15 is 0 Å². The fraction of sp³-hybridized carbons (Fsp3) is 0.619. The van der Waals surface area contributed by atoms with Gasteiger partial charge in [0, 0.05) is 25.7 Å². The Bertz CT molecular complexity index is 652. The van der Waals surface area contributed by atoms with Crippen molar-refractivity contribution >= 4 is 17.5 Å². The van der Waals surface area contributed by atoms with E-state index in [0.717, 1.165) is 24.3 Å². The summed E-state index contributed by atoms with van der Waals surface area (Å²) in [5.74, 6) is 0.114. The highest BCUT2D eigenvalue weighted by atomic mass is 16.5. The van der Waals surface area contributed by atoms with Gasteiger partial charge in [0.05, 0.1) is 24.3 Å². The van der Waals surface area contributed by atoms with Crippen molar-refractivity contribution in [1.82, 2.24) is 10.2 Å². The molecule has 1 aromatic rings. The molecule has 0 bridgehead atoms. The van der Waals surface area contributed by atoms with Crippen LogP contribution in [0.15, 0.2) is 24.3 Å². The van der Waals surface area contributed by atoms with Gasteiger partial charge in [-0.2, -0.15) is 0 Å². The van der Waals surface area contributed by atoms with Crippen LogP contribution in [0.5, 0.6) is 0 Å². The third-order valence-electron chi connectivity index (χ3n) is 4.81. The molecule has 1 aromatic carbocycles. The van der Waals surface area contributed by atoms with Crippen molar-refractivity contribution in [1.29, 1.82) is 0 Å². The molecular weight excluding hydrogens is 342 g/mol. The van der Waals surface area contributed by atoms with Crippen LogP contribution >= 0.6 is 0 Å². The average molecular weight is 376 g/mol. The lowest BCUT2D eigenvalue weighted by Gasteiger charge is -2.41. The molecular formula is C21H33N3O3. The maximum atomic E-state index is 13.1. The summed E-state index contributed by atoms with van der Waals surface area (Å²) >= 11 is 0. The molecule has 2 amide bonds. The van der Waals surface area contributed by atoms with Gasteiger partial charge in [0.15, 0.2) is 0 Å². The van der Waals surface area contributed by atoms with Gasteiger partial charge in [0.25, 0.3) is 0 Å². The first-order valence-electron chi connectivity index (χ1n) is 9.74. The summed E-state index contributed by atoms with van der Waals surface area (Å²) in [5.41, 5.74) is 1.69. The number of ether oxygens (including phenoxy) is 1. The van der Waals surface area contributed by atoms with Crippen molar-refractivity contribution in [3.05, 3.63) is 29.8 Å². The topological polar surface area (TPSA) is 70.7 Å². The first kappa shape index (κ1) is 21.4. The first-order valence-corrected chi connectivity index (χ1v) is 9.74. The van der Waals surface area contributed by atoms with Crippen molar-refractivity contribution in [2.24, 2.45) is 5.92 Å². The van der Waals surface area contributed by atoms with E-state index in [4.69, 9.17) is 4.74 Å². The van der Waals surface area contributed by atoms with E-state index in [1.165, 1.54) is 6.92 Å². The molecule has 6 nitrogen and oxygen atoms in total. The molecule has 2 N–H and O–H groups in total. The number of rotatable bonds is 6. The van der Waals surface area contributed by atoms with E-state index in [9.17, 15) is 9.59 Å². The lowest BCUT2D eigenvalue weighted by Crippen LogP contribution is -2.57. The van der Waals surface area contributed by atoms with Crippen LogP contribution in [0.4, 0.5) is 5.69 Å². The number of morpholine rings is 1. The standard InChI is InChI=1S/C21H33N3O3/c1-13(2)20(24-11-14(3)27-15(4)12-24)21(26)22-16(5)18-8-7-9-19(10-18)23-17(6)25/h7-10,13-16,20H,11-12H2,1-6H3,(H,22,26)(H,23,25)/t14-,15+,16-,20+/m0/s1. The Balaban J connectivity index is 2.09. The van der Waals surface area contributed by atoms with Crippen LogP contribution in [-0.2, 0) is 14.3 Å². The van der Waals surface area contributed by atoms with Crippen LogP contribution < -0.4 is 10.6 Å². The number of carbonyl (C=O) groups is 2. The third kappa shape index (κ3) is 6.04. The largest absolute Gasteiger partial charge is 0.373 e. The fourth-order valence-electron chi connectivity index (χ4n) is 3.81. The maximum Gasteiger partial charge on any atom is 0.238 e. The molecule has 1 heterocycles. The smallest absolute Gasteiger partial charge is 0.238 e. The maximum absolute atomic E-state index is 13.1. The predicted molar refractivity (Wildman–Crippen MR) is 108 cm³/mol. The van der Waals surface area contributed by atoms with Gasteiger partial charge in [0.2, 0.25) is 11.8 Å². The zero-order chi connectivity index (χ0) is 20.1. The first-order chi connectivity index (χ1) is 12.7. The van der Waals surface area contributed by atoms with Gasteiger partial charge in [-0.1, -0.05) is 26.0 Å². The lowest BCUT2D eigenvalue weighted by molar-refractivity contribution is -0.136. The van der Waals surface area contributed by atoms with Crippen molar-refractivity contribution < 1.29 is 14.3 Å². The van der Waals surface area contributed by atoms with Crippen LogP contribution in [0, 0.1) is 5.92 Å². The molecule has 150 valence electrons. The Morgan fingerprint density at radius 2 is 1.78 bits per heavy atom. The third-order valence-corrected chi connectivity index (χ3v) is 4.81. The van der Waals surface area contributed by atoms with Crippen LogP contribution in [-0.4, -0.2) is 48.1 Å².